The molecule has 1 aliphatic heterocycles. The normalized spacial score (nSPS) is 18.4. The molecule has 4 nitrogen and oxygen atoms in total. The van der Waals surface area contributed by atoms with Crippen LogP contribution in [0.2, 0.25) is 0 Å². The Bertz CT molecular complexity index is 405. The molecule has 0 amide bonds. The quantitative estimate of drug-likeness (QED) is 0.435. The van der Waals surface area contributed by atoms with Gasteiger partial charge in [0.2, 0.25) is 0 Å². The molecule has 6 heteroatoms. The number of thiophene rings is 1. The van der Waals surface area contributed by atoms with Gasteiger partial charge in [-0.05, 0) is 24.8 Å². The van der Waals surface area contributed by atoms with Crippen LogP contribution >= 0.6 is 35.3 Å². The van der Waals surface area contributed by atoms with Crippen molar-refractivity contribution in [3.05, 3.63) is 22.4 Å². The molecule has 21 heavy (non-hydrogen) atoms. The van der Waals surface area contributed by atoms with Gasteiger partial charge in [0.1, 0.15) is 0 Å². The van der Waals surface area contributed by atoms with Crippen molar-refractivity contribution in [2.24, 2.45) is 10.9 Å². The van der Waals surface area contributed by atoms with Gasteiger partial charge >= 0.3 is 0 Å². The molecular formula is C15H26IN3OS. The van der Waals surface area contributed by atoms with Gasteiger partial charge in [0.15, 0.2) is 5.96 Å². The first-order valence-corrected chi connectivity index (χ1v) is 8.27. The van der Waals surface area contributed by atoms with E-state index >= 15 is 0 Å². The van der Waals surface area contributed by atoms with E-state index in [1.807, 2.05) is 0 Å². The number of rotatable bonds is 6. The third-order valence-corrected chi connectivity index (χ3v) is 4.39. The van der Waals surface area contributed by atoms with Crippen molar-refractivity contribution in [2.45, 2.75) is 19.8 Å². The van der Waals surface area contributed by atoms with Crippen LogP contribution in [0.3, 0.4) is 0 Å². The van der Waals surface area contributed by atoms with Crippen LogP contribution in [0.5, 0.6) is 0 Å². The van der Waals surface area contributed by atoms with Gasteiger partial charge in [-0.3, -0.25) is 4.99 Å². The number of halogens is 1. The van der Waals surface area contributed by atoms with Crippen molar-refractivity contribution >= 4 is 41.3 Å². The molecule has 1 saturated heterocycles. The Hall–Kier alpha value is -0.340. The standard InChI is InChI=1S/C15H25N3OS.HI/c1-3-16-15(17-8-6-14-5-4-10-20-14)18(2)11-13-7-9-19-12-13;/h4-5,10,13H,3,6-9,11-12H2,1-2H3,(H,16,17);1H. The van der Waals surface area contributed by atoms with E-state index in [2.05, 4.69) is 41.7 Å². The molecule has 1 aromatic heterocycles. The van der Waals surface area contributed by atoms with Gasteiger partial charge in [-0.1, -0.05) is 6.07 Å². The predicted octanol–water partition coefficient (Wildman–Crippen LogP) is 2.84. The van der Waals surface area contributed by atoms with Gasteiger partial charge in [-0.25, -0.2) is 0 Å². The largest absolute Gasteiger partial charge is 0.381 e. The fraction of sp³-hybridized carbons (Fsp3) is 0.667. The number of aliphatic imine (C=N–C) groups is 1. The molecule has 120 valence electrons. The van der Waals surface area contributed by atoms with E-state index in [1.54, 1.807) is 11.3 Å². The average Bonchev–Trinajstić information content (AvgIpc) is 3.10. The summed E-state index contributed by atoms with van der Waals surface area (Å²) in [7, 11) is 2.12. The Morgan fingerprint density at radius 3 is 3.05 bits per heavy atom. The van der Waals surface area contributed by atoms with Crippen LogP contribution in [-0.2, 0) is 11.2 Å². The molecule has 1 atom stereocenters. The van der Waals surface area contributed by atoms with Crippen molar-refractivity contribution in [2.75, 3.05) is 39.9 Å². The lowest BCUT2D eigenvalue weighted by Crippen LogP contribution is -2.41. The summed E-state index contributed by atoms with van der Waals surface area (Å²) in [6, 6.07) is 4.27. The summed E-state index contributed by atoms with van der Waals surface area (Å²) < 4.78 is 5.44. The highest BCUT2D eigenvalue weighted by Gasteiger charge is 2.18. The Morgan fingerprint density at radius 2 is 2.43 bits per heavy atom. The SMILES string of the molecule is CCNC(=NCCc1cccs1)N(C)CC1CCOC1.I. The maximum Gasteiger partial charge on any atom is 0.193 e. The van der Waals surface area contributed by atoms with E-state index in [4.69, 9.17) is 9.73 Å². The second-order valence-electron chi connectivity index (χ2n) is 5.18. The molecule has 1 aliphatic rings. The average molecular weight is 423 g/mol. The number of nitrogens with zero attached hydrogens (tertiary/aromatic N) is 2. The molecule has 1 aromatic rings. The van der Waals surface area contributed by atoms with E-state index in [9.17, 15) is 0 Å². The van der Waals surface area contributed by atoms with Crippen molar-refractivity contribution in [3.8, 4) is 0 Å². The van der Waals surface area contributed by atoms with Crippen LogP contribution in [-0.4, -0.2) is 50.8 Å². The Balaban J connectivity index is 0.00000220. The fourth-order valence-corrected chi connectivity index (χ4v) is 3.10. The minimum atomic E-state index is 0. The van der Waals surface area contributed by atoms with Crippen LogP contribution in [0.4, 0.5) is 0 Å². The van der Waals surface area contributed by atoms with Crippen molar-refractivity contribution in [3.63, 3.8) is 0 Å². The highest BCUT2D eigenvalue weighted by Crippen LogP contribution is 2.13. The molecule has 0 spiro atoms. The third kappa shape index (κ3) is 6.52. The zero-order valence-electron chi connectivity index (χ0n) is 12.9. The molecule has 1 fully saturated rings. The molecular weight excluding hydrogens is 397 g/mol. The summed E-state index contributed by atoms with van der Waals surface area (Å²) in [6.07, 6.45) is 2.19. The molecule has 0 aliphatic carbocycles. The number of guanidine groups is 1. The Kier molecular flexibility index (Phi) is 9.26. The van der Waals surface area contributed by atoms with E-state index in [0.29, 0.717) is 5.92 Å². The topological polar surface area (TPSA) is 36.9 Å². The summed E-state index contributed by atoms with van der Waals surface area (Å²) in [5.41, 5.74) is 0. The smallest absolute Gasteiger partial charge is 0.193 e. The van der Waals surface area contributed by atoms with E-state index < -0.39 is 0 Å². The van der Waals surface area contributed by atoms with Crippen LogP contribution in [0.1, 0.15) is 18.2 Å². The molecule has 2 heterocycles. The van der Waals surface area contributed by atoms with Gasteiger partial charge in [0.25, 0.3) is 0 Å². The highest BCUT2D eigenvalue weighted by atomic mass is 127. The number of ether oxygens (including phenoxy) is 1. The first-order chi connectivity index (χ1) is 9.79. The molecule has 2 rings (SSSR count). The second kappa shape index (κ2) is 10.4. The van der Waals surface area contributed by atoms with Crippen molar-refractivity contribution in [1.82, 2.24) is 10.2 Å². The Morgan fingerprint density at radius 1 is 1.57 bits per heavy atom. The first kappa shape index (κ1) is 18.7. The van der Waals surface area contributed by atoms with Crippen molar-refractivity contribution < 1.29 is 4.74 Å². The van der Waals surface area contributed by atoms with Gasteiger partial charge in [-0.2, -0.15) is 0 Å². The number of hydrogen-bond donors (Lipinski definition) is 1. The second-order valence-corrected chi connectivity index (χ2v) is 6.21. The summed E-state index contributed by atoms with van der Waals surface area (Å²) in [4.78, 5) is 8.36. The molecule has 0 aromatic carbocycles. The lowest BCUT2D eigenvalue weighted by Gasteiger charge is -2.24. The van der Waals surface area contributed by atoms with Crippen LogP contribution in [0, 0.1) is 5.92 Å². The molecule has 1 N–H and O–H groups in total. The molecule has 0 saturated carbocycles. The van der Waals surface area contributed by atoms with Gasteiger partial charge in [-0.15, -0.1) is 35.3 Å². The summed E-state index contributed by atoms with van der Waals surface area (Å²) in [5, 5.41) is 5.50. The Labute approximate surface area is 149 Å². The third-order valence-electron chi connectivity index (χ3n) is 3.45. The number of hydrogen-bond acceptors (Lipinski definition) is 3. The molecule has 0 radical (unpaired) electrons. The van der Waals surface area contributed by atoms with Gasteiger partial charge in [0, 0.05) is 50.5 Å². The minimum absolute atomic E-state index is 0. The zero-order valence-corrected chi connectivity index (χ0v) is 16.0. The maximum absolute atomic E-state index is 5.44. The van der Waals surface area contributed by atoms with Crippen LogP contribution in [0.15, 0.2) is 22.5 Å². The van der Waals surface area contributed by atoms with Gasteiger partial charge < -0.3 is 15.0 Å². The van der Waals surface area contributed by atoms with E-state index in [-0.39, 0.29) is 24.0 Å². The van der Waals surface area contributed by atoms with Crippen molar-refractivity contribution in [1.29, 1.82) is 0 Å². The lowest BCUT2D eigenvalue weighted by molar-refractivity contribution is 0.181. The predicted molar refractivity (Wildman–Crippen MR) is 101 cm³/mol. The lowest BCUT2D eigenvalue weighted by atomic mass is 10.1. The number of nitrogens with one attached hydrogen (secondary N) is 1. The summed E-state index contributed by atoms with van der Waals surface area (Å²) >= 11 is 1.80. The maximum atomic E-state index is 5.44. The summed E-state index contributed by atoms with van der Waals surface area (Å²) in [5.74, 6) is 1.65. The molecule has 1 unspecified atom stereocenters. The monoisotopic (exact) mass is 423 g/mol. The zero-order chi connectivity index (χ0) is 14.2. The minimum Gasteiger partial charge on any atom is -0.381 e. The first-order valence-electron chi connectivity index (χ1n) is 7.39. The fourth-order valence-electron chi connectivity index (χ4n) is 2.40. The van der Waals surface area contributed by atoms with E-state index in [0.717, 1.165) is 45.2 Å². The van der Waals surface area contributed by atoms with E-state index in [1.165, 1.54) is 11.3 Å². The van der Waals surface area contributed by atoms with Gasteiger partial charge in [0.05, 0.1) is 6.61 Å². The highest BCUT2D eigenvalue weighted by molar-refractivity contribution is 14.0. The molecule has 0 bridgehead atoms. The van der Waals surface area contributed by atoms with Crippen LogP contribution in [0.25, 0.3) is 0 Å². The van der Waals surface area contributed by atoms with Crippen LogP contribution < -0.4 is 5.32 Å². The summed E-state index contributed by atoms with van der Waals surface area (Å²) in [6.45, 7) is 6.67.